The maximum Gasteiger partial charge on any atom is 0.127 e. The largest absolute Gasteiger partial charge is 0.227 e. The summed E-state index contributed by atoms with van der Waals surface area (Å²) in [4.78, 5) is 0. The van der Waals surface area contributed by atoms with Crippen LogP contribution in [0.25, 0.3) is 0 Å². The van der Waals surface area contributed by atoms with E-state index < -0.39 is 6.10 Å². The van der Waals surface area contributed by atoms with E-state index in [2.05, 4.69) is 6.58 Å². The van der Waals surface area contributed by atoms with Gasteiger partial charge in [-0.25, -0.2) is 5.11 Å². The maximum absolute atomic E-state index is 10.4. The molecule has 2 heteroatoms. The Morgan fingerprint density at radius 3 is 2.43 bits per heavy atom. The summed E-state index contributed by atoms with van der Waals surface area (Å²) in [6, 6.07) is 0. The van der Waals surface area contributed by atoms with Crippen molar-refractivity contribution in [2.75, 3.05) is 5.88 Å². The van der Waals surface area contributed by atoms with Gasteiger partial charge in [-0.05, 0) is 12.5 Å². The smallest absolute Gasteiger partial charge is 0.127 e. The van der Waals surface area contributed by atoms with Gasteiger partial charge in [0, 0.05) is 0 Å². The first-order valence-electron chi connectivity index (χ1n) is 2.05. The first kappa shape index (κ1) is 6.99. The first-order valence-corrected chi connectivity index (χ1v) is 2.59. The van der Waals surface area contributed by atoms with Gasteiger partial charge in [0.25, 0.3) is 0 Å². The van der Waals surface area contributed by atoms with E-state index in [4.69, 9.17) is 11.6 Å². The molecule has 0 aliphatic carbocycles. The lowest BCUT2D eigenvalue weighted by Crippen LogP contribution is -2.05. The molecule has 0 aliphatic rings. The molecule has 0 aromatic carbocycles. The van der Waals surface area contributed by atoms with Crippen molar-refractivity contribution in [3.05, 3.63) is 12.2 Å². The molecular weight excluding hydrogens is 112 g/mol. The van der Waals surface area contributed by atoms with Gasteiger partial charge in [0.1, 0.15) is 6.10 Å². The van der Waals surface area contributed by atoms with Gasteiger partial charge in [-0.2, -0.15) is 0 Å². The van der Waals surface area contributed by atoms with Crippen molar-refractivity contribution < 1.29 is 5.11 Å². The molecule has 1 atom stereocenters. The highest BCUT2D eigenvalue weighted by molar-refractivity contribution is 6.18. The minimum atomic E-state index is -0.776. The number of alkyl halides is 1. The SMILES string of the molecule is C=C(C)C([O])CCl. The highest BCUT2D eigenvalue weighted by Crippen LogP contribution is 1.98. The highest BCUT2D eigenvalue weighted by Gasteiger charge is 2.01. The molecule has 0 saturated carbocycles. The maximum atomic E-state index is 10.4. The molecule has 0 aromatic heterocycles. The van der Waals surface area contributed by atoms with Crippen LogP contribution in [0.5, 0.6) is 0 Å². The van der Waals surface area contributed by atoms with Crippen LogP contribution >= 0.6 is 11.6 Å². The minimum Gasteiger partial charge on any atom is -0.227 e. The topological polar surface area (TPSA) is 19.9 Å². The van der Waals surface area contributed by atoms with E-state index in [9.17, 15) is 5.11 Å². The fourth-order valence-electron chi connectivity index (χ4n) is 0.132. The molecule has 0 spiro atoms. The molecule has 7 heavy (non-hydrogen) atoms. The molecule has 0 amide bonds. The fraction of sp³-hybridized carbons (Fsp3) is 0.600. The van der Waals surface area contributed by atoms with Crippen molar-refractivity contribution in [2.45, 2.75) is 13.0 Å². The van der Waals surface area contributed by atoms with Crippen molar-refractivity contribution in [1.29, 1.82) is 0 Å². The molecule has 0 rings (SSSR count). The zero-order valence-corrected chi connectivity index (χ0v) is 5.03. The Morgan fingerprint density at radius 2 is 2.43 bits per heavy atom. The van der Waals surface area contributed by atoms with Crippen LogP contribution in [-0.4, -0.2) is 12.0 Å². The quantitative estimate of drug-likeness (QED) is 0.389. The van der Waals surface area contributed by atoms with Crippen molar-refractivity contribution in [1.82, 2.24) is 0 Å². The molecule has 0 fully saturated rings. The lowest BCUT2D eigenvalue weighted by atomic mass is 10.2. The van der Waals surface area contributed by atoms with E-state index in [0.29, 0.717) is 5.57 Å². The van der Waals surface area contributed by atoms with E-state index in [0.717, 1.165) is 0 Å². The van der Waals surface area contributed by atoms with Crippen LogP contribution < -0.4 is 0 Å². The Labute approximate surface area is 48.6 Å². The molecule has 0 heterocycles. The van der Waals surface area contributed by atoms with Gasteiger partial charge in [-0.1, -0.05) is 6.58 Å². The predicted molar refractivity (Wildman–Crippen MR) is 30.0 cm³/mol. The molecule has 0 N–H and O–H groups in total. The lowest BCUT2D eigenvalue weighted by Gasteiger charge is -1.98. The first-order chi connectivity index (χ1) is 3.18. The van der Waals surface area contributed by atoms with Gasteiger partial charge in [-0.15, -0.1) is 11.6 Å². The van der Waals surface area contributed by atoms with Gasteiger partial charge >= 0.3 is 0 Å². The van der Waals surface area contributed by atoms with E-state index in [1.807, 2.05) is 0 Å². The number of hydrogen-bond donors (Lipinski definition) is 0. The Balaban J connectivity index is 3.34. The average molecular weight is 120 g/mol. The van der Waals surface area contributed by atoms with E-state index in [1.54, 1.807) is 6.92 Å². The standard InChI is InChI=1S/C5H8ClO/c1-4(2)5(7)3-6/h5H,1,3H2,2H3. The zero-order valence-electron chi connectivity index (χ0n) is 4.28. The van der Waals surface area contributed by atoms with E-state index >= 15 is 0 Å². The summed E-state index contributed by atoms with van der Waals surface area (Å²) in [6.45, 7) is 5.11. The van der Waals surface area contributed by atoms with Crippen LogP contribution in [0.2, 0.25) is 0 Å². The van der Waals surface area contributed by atoms with Crippen LogP contribution in [0.3, 0.4) is 0 Å². The van der Waals surface area contributed by atoms with Crippen LogP contribution in [-0.2, 0) is 5.11 Å². The van der Waals surface area contributed by atoms with Crippen molar-refractivity contribution in [3.63, 3.8) is 0 Å². The summed E-state index contributed by atoms with van der Waals surface area (Å²) in [7, 11) is 0. The number of rotatable bonds is 2. The Bertz CT molecular complexity index is 70.5. The summed E-state index contributed by atoms with van der Waals surface area (Å²) >= 11 is 5.17. The highest BCUT2D eigenvalue weighted by atomic mass is 35.5. The third kappa shape index (κ3) is 2.66. The summed E-state index contributed by atoms with van der Waals surface area (Å²) in [5.41, 5.74) is 0.606. The number of halogens is 1. The van der Waals surface area contributed by atoms with Gasteiger partial charge in [0.05, 0.1) is 5.88 Å². The molecule has 41 valence electrons. The third-order valence-electron chi connectivity index (χ3n) is 0.690. The van der Waals surface area contributed by atoms with Crippen LogP contribution in [0, 0.1) is 0 Å². The molecule has 1 radical (unpaired) electrons. The Kier molecular flexibility index (Phi) is 3.05. The molecule has 0 aromatic rings. The predicted octanol–water partition coefficient (Wildman–Crippen LogP) is 1.60. The Morgan fingerprint density at radius 1 is 2.00 bits per heavy atom. The fourth-order valence-corrected chi connectivity index (χ4v) is 0.395. The second kappa shape index (κ2) is 3.05. The van der Waals surface area contributed by atoms with Crippen molar-refractivity contribution in [3.8, 4) is 0 Å². The summed E-state index contributed by atoms with van der Waals surface area (Å²) in [6.07, 6.45) is -0.776. The molecule has 1 unspecified atom stereocenters. The third-order valence-corrected chi connectivity index (χ3v) is 0.970. The zero-order chi connectivity index (χ0) is 5.86. The second-order valence-corrected chi connectivity index (χ2v) is 1.80. The van der Waals surface area contributed by atoms with E-state index in [-0.39, 0.29) is 5.88 Å². The summed E-state index contributed by atoms with van der Waals surface area (Å²) < 4.78 is 0. The molecule has 0 bridgehead atoms. The van der Waals surface area contributed by atoms with Gasteiger partial charge < -0.3 is 0 Å². The molecule has 1 nitrogen and oxygen atoms in total. The van der Waals surface area contributed by atoms with Crippen LogP contribution in [0.4, 0.5) is 0 Å². The van der Waals surface area contributed by atoms with Crippen molar-refractivity contribution in [2.24, 2.45) is 0 Å². The average Bonchev–Trinajstić information content (AvgIpc) is 1.65. The summed E-state index contributed by atoms with van der Waals surface area (Å²) in [5.74, 6) is 0.134. The monoisotopic (exact) mass is 119 g/mol. The van der Waals surface area contributed by atoms with Gasteiger partial charge in [0.2, 0.25) is 0 Å². The minimum absolute atomic E-state index is 0.134. The normalized spacial score (nSPS) is 13.6. The van der Waals surface area contributed by atoms with Crippen molar-refractivity contribution >= 4 is 11.6 Å². The van der Waals surface area contributed by atoms with Gasteiger partial charge in [0.15, 0.2) is 0 Å². The van der Waals surface area contributed by atoms with E-state index in [1.165, 1.54) is 0 Å². The Hall–Kier alpha value is -0.0100. The van der Waals surface area contributed by atoms with Gasteiger partial charge in [-0.3, -0.25) is 0 Å². The van der Waals surface area contributed by atoms with Crippen LogP contribution in [0.15, 0.2) is 12.2 Å². The van der Waals surface area contributed by atoms with Crippen LogP contribution in [0.1, 0.15) is 6.92 Å². The lowest BCUT2D eigenvalue weighted by molar-refractivity contribution is 0.139. The molecular formula is C5H8ClO. The molecule has 0 aliphatic heterocycles. The molecule has 0 saturated heterocycles. The number of hydrogen-bond acceptors (Lipinski definition) is 0. The summed E-state index contributed by atoms with van der Waals surface area (Å²) in [5, 5.41) is 10.4. The second-order valence-electron chi connectivity index (χ2n) is 1.49.